The molecule has 2 heterocycles. The van der Waals surface area contributed by atoms with E-state index < -0.39 is 0 Å². The predicted molar refractivity (Wildman–Crippen MR) is 260 cm³/mol. The average molecular weight is 667 g/mol. The average Bonchev–Trinajstić information content (AvgIpc) is 3.68. The molecule has 0 spiro atoms. The van der Waals surface area contributed by atoms with Crippen molar-refractivity contribution in [2.45, 2.75) is 0 Å². The molecule has 0 fully saturated rings. The van der Waals surface area contributed by atoms with E-state index >= 15 is 0 Å². The Morgan fingerprint density at radius 1 is 0.302 bits per heavy atom. The van der Waals surface area contributed by atoms with Crippen LogP contribution in [0.25, 0.3) is 77.2 Å². The van der Waals surface area contributed by atoms with Crippen LogP contribution in [0.15, 0.2) is 115 Å². The SMILES string of the molecule is Bc1c(B)c(B)c(-c2c(B)c(B)c(-n3c4ccccc4c4cc5c6ccccc6n(-c6ccc(-c7ccccc7)cc6)c5cc43)c(B)c2B)c(B)c1B. The van der Waals surface area contributed by atoms with Gasteiger partial charge in [-0.25, -0.2) is 0 Å². The van der Waals surface area contributed by atoms with Crippen LogP contribution >= 0.6 is 0 Å². The second-order valence-corrected chi connectivity index (χ2v) is 15.2. The van der Waals surface area contributed by atoms with Crippen LogP contribution in [0.5, 0.6) is 0 Å². The van der Waals surface area contributed by atoms with E-state index in [0.29, 0.717) is 0 Å². The second kappa shape index (κ2) is 12.4. The van der Waals surface area contributed by atoms with Crippen LogP contribution in [0.4, 0.5) is 0 Å². The van der Waals surface area contributed by atoms with E-state index in [1.165, 1.54) is 121 Å². The van der Waals surface area contributed by atoms with Gasteiger partial charge in [0.25, 0.3) is 0 Å². The first-order valence-electron chi connectivity index (χ1n) is 18.9. The van der Waals surface area contributed by atoms with Gasteiger partial charge in [0.15, 0.2) is 0 Å². The van der Waals surface area contributed by atoms with Crippen LogP contribution in [0.1, 0.15) is 0 Å². The molecule has 0 amide bonds. The van der Waals surface area contributed by atoms with Crippen LogP contribution in [-0.2, 0) is 0 Å². The van der Waals surface area contributed by atoms with Gasteiger partial charge in [-0.3, -0.25) is 0 Å². The number of hydrogen-bond donors (Lipinski definition) is 0. The fourth-order valence-corrected chi connectivity index (χ4v) is 9.26. The number of fused-ring (bicyclic) bond motifs is 6. The molecule has 0 radical (unpaired) electrons. The lowest BCUT2D eigenvalue weighted by Crippen LogP contribution is -2.57. The molecule has 7 aromatic carbocycles. The number of hydrogen-bond acceptors (Lipinski definition) is 0. The number of nitrogens with zero attached hydrogens (tertiary/aromatic N) is 2. The minimum atomic E-state index is 1.16. The van der Waals surface area contributed by atoms with Gasteiger partial charge in [-0.2, -0.15) is 0 Å². The van der Waals surface area contributed by atoms with Crippen molar-refractivity contribution in [3.63, 3.8) is 0 Å². The molecule has 9 rings (SSSR count). The van der Waals surface area contributed by atoms with E-state index in [-0.39, 0.29) is 0 Å². The van der Waals surface area contributed by atoms with Gasteiger partial charge >= 0.3 is 0 Å². The maximum atomic E-state index is 2.56. The third-order valence-corrected chi connectivity index (χ3v) is 12.8. The lowest BCUT2D eigenvalue weighted by atomic mass is 9.56. The largest absolute Gasteiger partial charge is 0.310 e. The van der Waals surface area contributed by atoms with Crippen molar-refractivity contribution in [1.29, 1.82) is 0 Å². The molecular formula is C42H37B9N2. The molecule has 0 atom stereocenters. The molecule has 2 aromatic heterocycles. The number of rotatable bonds is 4. The number of benzene rings is 7. The van der Waals surface area contributed by atoms with Gasteiger partial charge in [0.05, 0.1) is 22.1 Å². The summed E-state index contributed by atoms with van der Waals surface area (Å²) < 4.78 is 5.01. The second-order valence-electron chi connectivity index (χ2n) is 15.2. The van der Waals surface area contributed by atoms with E-state index in [2.05, 4.69) is 195 Å². The van der Waals surface area contributed by atoms with Crippen LogP contribution in [0.3, 0.4) is 0 Å². The Hall–Kier alpha value is -5.28. The maximum Gasteiger partial charge on any atom is 0.141 e. The van der Waals surface area contributed by atoms with Gasteiger partial charge in [0.2, 0.25) is 0 Å². The fourth-order valence-electron chi connectivity index (χ4n) is 9.26. The molecule has 0 saturated carbocycles. The molecule has 0 aliphatic carbocycles. The summed E-state index contributed by atoms with van der Waals surface area (Å²) in [6.07, 6.45) is 0. The molecular weight excluding hydrogens is 630 g/mol. The van der Waals surface area contributed by atoms with Gasteiger partial charge in [-0.1, -0.05) is 112 Å². The third kappa shape index (κ3) is 4.86. The Bertz CT molecular complexity index is 2920. The molecule has 9 aromatic rings. The van der Waals surface area contributed by atoms with Gasteiger partial charge in [0, 0.05) is 32.9 Å². The molecule has 2 nitrogen and oxygen atoms in total. The van der Waals surface area contributed by atoms with E-state index in [1.807, 2.05) is 0 Å². The molecule has 53 heavy (non-hydrogen) atoms. The minimum Gasteiger partial charge on any atom is -0.310 e. The highest BCUT2D eigenvalue weighted by molar-refractivity contribution is 6.70. The molecule has 242 valence electrons. The zero-order valence-corrected chi connectivity index (χ0v) is 32.4. The molecule has 11 heteroatoms. The van der Waals surface area contributed by atoms with E-state index in [0.717, 1.165) is 5.69 Å². The lowest BCUT2D eigenvalue weighted by molar-refractivity contribution is 1.17. The maximum absolute atomic E-state index is 2.56. The highest BCUT2D eigenvalue weighted by atomic mass is 15.0. The molecule has 0 N–H and O–H groups in total. The van der Waals surface area contributed by atoms with Gasteiger partial charge < -0.3 is 9.13 Å². The summed E-state index contributed by atoms with van der Waals surface area (Å²) in [4.78, 5) is 0. The number of para-hydroxylation sites is 2. The van der Waals surface area contributed by atoms with Gasteiger partial charge in [-0.15, -0.1) is 16.4 Å². The summed E-state index contributed by atoms with van der Waals surface area (Å²) in [5.74, 6) is 0. The van der Waals surface area contributed by atoms with Gasteiger partial charge in [0.1, 0.15) is 70.6 Å². The third-order valence-electron chi connectivity index (χ3n) is 12.8. The van der Waals surface area contributed by atoms with Crippen molar-refractivity contribution in [2.75, 3.05) is 0 Å². The standard InChI is InChI=1S/C42H37B9N2/c43-33-31(34(44)38(48)39(49)37(33)47)32-35(45)40(50)42(41(51)36(32)46)53-28-13-7-5-11-24(28)26-18-25-23-10-4-6-12-27(23)52(29(25)19-30(26)53)22-16-14-21(15-17-22)20-8-2-1-3-9-20/h1-19H,43-51H2. The Morgan fingerprint density at radius 3 is 1.26 bits per heavy atom. The highest BCUT2D eigenvalue weighted by Gasteiger charge is 2.24. The van der Waals surface area contributed by atoms with Crippen LogP contribution in [0, 0.1) is 0 Å². The van der Waals surface area contributed by atoms with Crippen molar-refractivity contribution >= 4 is 163 Å². The first-order chi connectivity index (χ1) is 25.6. The van der Waals surface area contributed by atoms with Gasteiger partial charge in [-0.05, 0) is 58.7 Å². The van der Waals surface area contributed by atoms with Crippen molar-refractivity contribution in [3.05, 3.63) is 115 Å². The zero-order valence-electron chi connectivity index (χ0n) is 32.4. The molecule has 0 unspecified atom stereocenters. The topological polar surface area (TPSA) is 9.86 Å². The Kier molecular flexibility index (Phi) is 7.86. The summed E-state index contributed by atoms with van der Waals surface area (Å²) in [6, 6.07) is 42.4. The molecule has 0 aliphatic rings. The Labute approximate surface area is 320 Å². The minimum absolute atomic E-state index is 1.16. The van der Waals surface area contributed by atoms with Crippen molar-refractivity contribution in [1.82, 2.24) is 9.13 Å². The normalized spacial score (nSPS) is 11.7. The molecule has 0 bridgehead atoms. The van der Waals surface area contributed by atoms with E-state index in [4.69, 9.17) is 0 Å². The first kappa shape index (κ1) is 33.6. The van der Waals surface area contributed by atoms with Crippen LogP contribution in [-0.4, -0.2) is 79.8 Å². The zero-order chi connectivity index (χ0) is 36.9. The van der Waals surface area contributed by atoms with E-state index in [9.17, 15) is 0 Å². The molecule has 0 aliphatic heterocycles. The van der Waals surface area contributed by atoms with Crippen LogP contribution in [0.2, 0.25) is 0 Å². The highest BCUT2D eigenvalue weighted by Crippen LogP contribution is 2.39. The summed E-state index contributed by atoms with van der Waals surface area (Å²) in [5, 5.41) is 5.11. The van der Waals surface area contributed by atoms with E-state index in [1.54, 1.807) is 0 Å². The summed E-state index contributed by atoms with van der Waals surface area (Å²) in [6.45, 7) is 0. The van der Waals surface area contributed by atoms with Crippen molar-refractivity contribution in [2.24, 2.45) is 0 Å². The molecule has 0 saturated heterocycles. The number of aromatic nitrogens is 2. The van der Waals surface area contributed by atoms with Crippen molar-refractivity contribution in [3.8, 4) is 33.6 Å². The monoisotopic (exact) mass is 668 g/mol. The quantitative estimate of drug-likeness (QED) is 0.168. The summed E-state index contributed by atoms with van der Waals surface area (Å²) in [5.41, 5.74) is 25.0. The Morgan fingerprint density at radius 2 is 0.717 bits per heavy atom. The Balaban J connectivity index is 1.35. The lowest BCUT2D eigenvalue weighted by Gasteiger charge is -2.28. The van der Waals surface area contributed by atoms with Crippen molar-refractivity contribution < 1.29 is 0 Å². The van der Waals surface area contributed by atoms with Crippen LogP contribution < -0.4 is 49.2 Å². The predicted octanol–water partition coefficient (Wildman–Crippen LogP) is -4.46. The fraction of sp³-hybridized carbons (Fsp3) is 0. The smallest absolute Gasteiger partial charge is 0.141 e. The summed E-state index contributed by atoms with van der Waals surface area (Å²) >= 11 is 0. The first-order valence-corrected chi connectivity index (χ1v) is 18.9. The summed E-state index contributed by atoms with van der Waals surface area (Å²) in [7, 11) is 20.8.